The Morgan fingerprint density at radius 3 is 2.87 bits per heavy atom. The molecule has 0 saturated carbocycles. The molecular weight excluding hydrogens is 316 g/mol. The number of nitrogens with one attached hydrogen (secondary N) is 3. The van der Waals surface area contributed by atoms with Crippen LogP contribution in [0.3, 0.4) is 0 Å². The van der Waals surface area contributed by atoms with Gasteiger partial charge >= 0.3 is 6.03 Å². The lowest BCUT2D eigenvalue weighted by Crippen LogP contribution is -2.47. The molecule has 0 aromatic heterocycles. The summed E-state index contributed by atoms with van der Waals surface area (Å²) >= 11 is 6.29. The van der Waals surface area contributed by atoms with Gasteiger partial charge in [0.15, 0.2) is 0 Å². The highest BCUT2D eigenvalue weighted by Gasteiger charge is 2.18. The van der Waals surface area contributed by atoms with E-state index in [2.05, 4.69) is 29.8 Å². The highest BCUT2D eigenvalue weighted by atomic mass is 35.5. The molecule has 1 saturated heterocycles. The Bertz CT molecular complexity index is 577. The number of amides is 3. The van der Waals surface area contributed by atoms with Crippen LogP contribution in [0, 0.1) is 5.92 Å². The van der Waals surface area contributed by atoms with E-state index in [1.807, 2.05) is 11.0 Å². The van der Waals surface area contributed by atoms with Gasteiger partial charge in [-0.05, 0) is 30.5 Å². The van der Waals surface area contributed by atoms with Crippen molar-refractivity contribution in [1.82, 2.24) is 10.6 Å². The second-order valence-electron chi connectivity index (χ2n) is 6.00. The van der Waals surface area contributed by atoms with E-state index in [1.165, 1.54) is 0 Å². The lowest BCUT2D eigenvalue weighted by molar-refractivity contribution is -0.120. The normalized spacial score (nSPS) is 14.6. The molecule has 1 aromatic rings. The van der Waals surface area contributed by atoms with Crippen molar-refractivity contribution in [2.75, 3.05) is 36.4 Å². The molecule has 1 aromatic carbocycles. The number of carbonyl (C=O) groups is 2. The van der Waals surface area contributed by atoms with Crippen molar-refractivity contribution >= 4 is 34.9 Å². The Labute approximate surface area is 141 Å². The summed E-state index contributed by atoms with van der Waals surface area (Å²) in [4.78, 5) is 25.2. The van der Waals surface area contributed by atoms with E-state index < -0.39 is 0 Å². The van der Waals surface area contributed by atoms with Gasteiger partial charge in [0, 0.05) is 25.3 Å². The number of urea groups is 1. The minimum Gasteiger partial charge on any atom is -0.359 e. The zero-order chi connectivity index (χ0) is 16.8. The molecule has 0 radical (unpaired) electrons. The SMILES string of the molecule is CC(C)CCNC(=O)Nc1ccc(N2CCNC(=O)C2)c(Cl)c1. The minimum atomic E-state index is -0.244. The number of piperazine rings is 1. The monoisotopic (exact) mass is 338 g/mol. The van der Waals surface area contributed by atoms with E-state index >= 15 is 0 Å². The third kappa shape index (κ3) is 5.32. The predicted octanol–water partition coefficient (Wildman–Crippen LogP) is 2.44. The third-order valence-corrected chi connectivity index (χ3v) is 3.89. The van der Waals surface area contributed by atoms with Gasteiger partial charge < -0.3 is 20.9 Å². The Morgan fingerprint density at radius 2 is 2.22 bits per heavy atom. The maximum atomic E-state index is 11.8. The summed E-state index contributed by atoms with van der Waals surface area (Å²) in [6, 6.07) is 5.07. The zero-order valence-electron chi connectivity index (χ0n) is 13.5. The fourth-order valence-electron chi connectivity index (χ4n) is 2.33. The predicted molar refractivity (Wildman–Crippen MR) is 93.2 cm³/mol. The number of benzene rings is 1. The van der Waals surface area contributed by atoms with Crippen LogP contribution in [0.15, 0.2) is 18.2 Å². The maximum Gasteiger partial charge on any atom is 0.319 e. The van der Waals surface area contributed by atoms with E-state index in [0.29, 0.717) is 42.8 Å². The summed E-state index contributed by atoms with van der Waals surface area (Å²) in [5, 5.41) is 8.86. The zero-order valence-corrected chi connectivity index (χ0v) is 14.2. The highest BCUT2D eigenvalue weighted by molar-refractivity contribution is 6.33. The Kier molecular flexibility index (Phi) is 6.10. The second kappa shape index (κ2) is 8.06. The molecule has 0 bridgehead atoms. The molecule has 2 rings (SSSR count). The van der Waals surface area contributed by atoms with Crippen LogP contribution in [0.25, 0.3) is 0 Å². The average molecular weight is 339 g/mol. The third-order valence-electron chi connectivity index (χ3n) is 3.59. The molecule has 1 heterocycles. The molecule has 6 nitrogen and oxygen atoms in total. The quantitative estimate of drug-likeness (QED) is 0.772. The molecule has 0 aliphatic carbocycles. The van der Waals surface area contributed by atoms with Gasteiger partial charge in [-0.15, -0.1) is 0 Å². The van der Waals surface area contributed by atoms with Crippen molar-refractivity contribution < 1.29 is 9.59 Å². The molecule has 0 spiro atoms. The summed E-state index contributed by atoms with van der Waals surface area (Å²) in [6.07, 6.45) is 0.935. The van der Waals surface area contributed by atoms with Gasteiger partial charge in [0.05, 0.1) is 17.3 Å². The van der Waals surface area contributed by atoms with Crippen molar-refractivity contribution in [2.45, 2.75) is 20.3 Å². The summed E-state index contributed by atoms with van der Waals surface area (Å²) in [5.74, 6) is 0.532. The molecule has 23 heavy (non-hydrogen) atoms. The molecule has 1 aliphatic rings. The Hall–Kier alpha value is -1.95. The van der Waals surface area contributed by atoms with Gasteiger partial charge in [-0.3, -0.25) is 4.79 Å². The van der Waals surface area contributed by atoms with Crippen LogP contribution in [0.4, 0.5) is 16.2 Å². The van der Waals surface area contributed by atoms with Gasteiger partial charge in [0.25, 0.3) is 0 Å². The van der Waals surface area contributed by atoms with Crippen LogP contribution < -0.4 is 20.9 Å². The van der Waals surface area contributed by atoms with Gasteiger partial charge in [0.1, 0.15) is 0 Å². The van der Waals surface area contributed by atoms with Gasteiger partial charge in [-0.1, -0.05) is 25.4 Å². The molecular formula is C16H23ClN4O2. The van der Waals surface area contributed by atoms with Gasteiger partial charge in [-0.25, -0.2) is 4.79 Å². The molecule has 0 atom stereocenters. The first-order valence-electron chi connectivity index (χ1n) is 7.81. The van der Waals surface area contributed by atoms with Crippen LogP contribution >= 0.6 is 11.6 Å². The molecule has 1 aliphatic heterocycles. The van der Waals surface area contributed by atoms with Crippen molar-refractivity contribution in [1.29, 1.82) is 0 Å². The molecule has 0 unspecified atom stereocenters. The molecule has 3 amide bonds. The Balaban J connectivity index is 1.93. The number of anilines is 2. The van der Waals surface area contributed by atoms with E-state index in [0.717, 1.165) is 12.1 Å². The lowest BCUT2D eigenvalue weighted by Gasteiger charge is -2.29. The van der Waals surface area contributed by atoms with Gasteiger partial charge in [-0.2, -0.15) is 0 Å². The minimum absolute atomic E-state index is 0.0148. The second-order valence-corrected chi connectivity index (χ2v) is 6.41. The van der Waals surface area contributed by atoms with Crippen LogP contribution in [0.2, 0.25) is 5.02 Å². The van der Waals surface area contributed by atoms with Crippen LogP contribution in [-0.4, -0.2) is 38.1 Å². The first-order valence-corrected chi connectivity index (χ1v) is 8.19. The largest absolute Gasteiger partial charge is 0.359 e. The summed E-state index contributed by atoms with van der Waals surface area (Å²) in [5.41, 5.74) is 1.43. The first-order chi connectivity index (χ1) is 11.0. The standard InChI is InChI=1S/C16H23ClN4O2/c1-11(2)5-6-19-16(23)20-12-3-4-14(13(17)9-12)21-8-7-18-15(22)10-21/h3-4,9,11H,5-8,10H2,1-2H3,(H,18,22)(H2,19,20,23). The summed E-state index contributed by atoms with van der Waals surface area (Å²) in [7, 11) is 0. The van der Waals surface area contributed by atoms with E-state index in [-0.39, 0.29) is 11.9 Å². The number of halogens is 1. The van der Waals surface area contributed by atoms with Crippen molar-refractivity contribution in [3.8, 4) is 0 Å². The fraction of sp³-hybridized carbons (Fsp3) is 0.500. The number of rotatable bonds is 5. The maximum absolute atomic E-state index is 11.8. The van der Waals surface area contributed by atoms with Crippen LogP contribution in [0.1, 0.15) is 20.3 Å². The van der Waals surface area contributed by atoms with Crippen LogP contribution in [0.5, 0.6) is 0 Å². The number of hydrogen-bond donors (Lipinski definition) is 3. The van der Waals surface area contributed by atoms with E-state index in [9.17, 15) is 9.59 Å². The summed E-state index contributed by atoms with van der Waals surface area (Å²) in [6.45, 7) is 6.47. The fourth-order valence-corrected chi connectivity index (χ4v) is 2.64. The number of nitrogens with zero attached hydrogens (tertiary/aromatic N) is 1. The summed E-state index contributed by atoms with van der Waals surface area (Å²) < 4.78 is 0. The molecule has 7 heteroatoms. The number of carbonyl (C=O) groups excluding carboxylic acids is 2. The van der Waals surface area contributed by atoms with Crippen molar-refractivity contribution in [3.63, 3.8) is 0 Å². The van der Waals surface area contributed by atoms with Crippen molar-refractivity contribution in [3.05, 3.63) is 23.2 Å². The first kappa shape index (κ1) is 17.4. The smallest absolute Gasteiger partial charge is 0.319 e. The van der Waals surface area contributed by atoms with E-state index in [4.69, 9.17) is 11.6 Å². The average Bonchev–Trinajstić information content (AvgIpc) is 2.46. The number of hydrogen-bond acceptors (Lipinski definition) is 3. The lowest BCUT2D eigenvalue weighted by atomic mass is 10.1. The van der Waals surface area contributed by atoms with E-state index in [1.54, 1.807) is 12.1 Å². The van der Waals surface area contributed by atoms with Crippen molar-refractivity contribution in [2.24, 2.45) is 5.92 Å². The van der Waals surface area contributed by atoms with Crippen LogP contribution in [-0.2, 0) is 4.79 Å². The van der Waals surface area contributed by atoms with Gasteiger partial charge in [0.2, 0.25) is 5.91 Å². The molecule has 126 valence electrons. The highest BCUT2D eigenvalue weighted by Crippen LogP contribution is 2.29. The topological polar surface area (TPSA) is 73.5 Å². The molecule has 1 fully saturated rings. The Morgan fingerprint density at radius 1 is 1.43 bits per heavy atom. The molecule has 3 N–H and O–H groups in total.